The number of nitrogens with one attached hydrogen (secondary N) is 1. The quantitative estimate of drug-likeness (QED) is 0.380. The molecule has 0 spiro atoms. The van der Waals surface area contributed by atoms with Gasteiger partial charge in [-0.15, -0.1) is 6.58 Å². The Morgan fingerprint density at radius 2 is 2.11 bits per heavy atom. The molecule has 0 bridgehead atoms. The van der Waals surface area contributed by atoms with Crippen LogP contribution < -0.4 is 5.32 Å². The molecular formula is C11H10F2N2O3. The van der Waals surface area contributed by atoms with Gasteiger partial charge in [0.25, 0.3) is 5.91 Å². The molecule has 0 heterocycles. The third-order valence-corrected chi connectivity index (χ3v) is 2.11. The van der Waals surface area contributed by atoms with Crippen molar-refractivity contribution in [1.29, 1.82) is 0 Å². The van der Waals surface area contributed by atoms with Crippen LogP contribution in [0.5, 0.6) is 0 Å². The van der Waals surface area contributed by atoms with Crippen LogP contribution in [0.15, 0.2) is 24.8 Å². The van der Waals surface area contributed by atoms with Crippen LogP contribution in [0.4, 0.5) is 14.5 Å². The van der Waals surface area contributed by atoms with Crippen molar-refractivity contribution in [3.63, 3.8) is 0 Å². The molecule has 7 heteroatoms. The average Bonchev–Trinajstić information content (AvgIpc) is 2.28. The fourth-order valence-corrected chi connectivity index (χ4v) is 1.23. The number of rotatable bonds is 5. The Bertz CT molecular complexity index is 503. The Balaban J connectivity index is 3.01. The first kappa shape index (κ1) is 13.8. The molecule has 1 aromatic carbocycles. The molecule has 0 aliphatic heterocycles. The highest BCUT2D eigenvalue weighted by Gasteiger charge is 2.21. The lowest BCUT2D eigenvalue weighted by Crippen LogP contribution is -2.25. The van der Waals surface area contributed by atoms with Crippen molar-refractivity contribution < 1.29 is 18.5 Å². The molecule has 1 aromatic rings. The number of carbonyl (C=O) groups excluding carboxylic acids is 1. The molecule has 0 fully saturated rings. The van der Waals surface area contributed by atoms with Crippen LogP contribution in [-0.2, 0) is 0 Å². The predicted molar refractivity (Wildman–Crippen MR) is 60.2 cm³/mol. The maximum Gasteiger partial charge on any atom is 0.305 e. The average molecular weight is 256 g/mol. The number of benzene rings is 1. The minimum absolute atomic E-state index is 0.215. The number of amides is 1. The summed E-state index contributed by atoms with van der Waals surface area (Å²) in [5.41, 5.74) is -1.50. The summed E-state index contributed by atoms with van der Waals surface area (Å²) >= 11 is 0. The molecule has 5 nitrogen and oxygen atoms in total. The van der Waals surface area contributed by atoms with Crippen LogP contribution in [0, 0.1) is 21.7 Å². The molecule has 0 radical (unpaired) electrons. The van der Waals surface area contributed by atoms with Crippen LogP contribution in [0.2, 0.25) is 0 Å². The van der Waals surface area contributed by atoms with E-state index in [1.807, 2.05) is 0 Å². The Morgan fingerprint density at radius 3 is 2.67 bits per heavy atom. The van der Waals surface area contributed by atoms with Crippen molar-refractivity contribution in [3.05, 3.63) is 52.1 Å². The molecule has 1 amide bonds. The maximum absolute atomic E-state index is 13.3. The van der Waals surface area contributed by atoms with Crippen LogP contribution in [-0.4, -0.2) is 17.4 Å². The minimum Gasteiger partial charge on any atom is -0.352 e. The summed E-state index contributed by atoms with van der Waals surface area (Å²) in [6, 6.07) is 0.897. The van der Waals surface area contributed by atoms with E-state index in [4.69, 9.17) is 0 Å². The molecule has 18 heavy (non-hydrogen) atoms. The fourth-order valence-electron chi connectivity index (χ4n) is 1.23. The van der Waals surface area contributed by atoms with E-state index in [9.17, 15) is 23.7 Å². The molecule has 0 aliphatic carbocycles. The summed E-state index contributed by atoms with van der Waals surface area (Å²) in [6.07, 6.45) is 2.01. The van der Waals surface area contributed by atoms with Gasteiger partial charge in [-0.25, -0.2) is 4.39 Å². The Kier molecular flexibility index (Phi) is 4.47. The van der Waals surface area contributed by atoms with E-state index in [-0.39, 0.29) is 6.54 Å². The maximum atomic E-state index is 13.3. The van der Waals surface area contributed by atoms with E-state index in [1.54, 1.807) is 6.08 Å². The summed E-state index contributed by atoms with van der Waals surface area (Å²) in [6.45, 7) is 3.65. The van der Waals surface area contributed by atoms with Crippen LogP contribution >= 0.6 is 0 Å². The standard InChI is InChI=1S/C11H10F2N2O3/c1-2-3-4-14-11(16)7-5-10(15(17)18)9(13)6-8(7)12/h2,5-6H,1,3-4H2,(H,14,16). The van der Waals surface area contributed by atoms with E-state index in [1.165, 1.54) is 0 Å². The van der Waals surface area contributed by atoms with Gasteiger partial charge in [0.15, 0.2) is 0 Å². The molecule has 0 aliphatic rings. The number of nitrogens with zero attached hydrogens (tertiary/aromatic N) is 1. The number of hydrogen-bond donors (Lipinski definition) is 1. The number of nitro benzene ring substituents is 1. The second-order valence-electron chi connectivity index (χ2n) is 3.37. The Labute approximate surface area is 101 Å². The van der Waals surface area contributed by atoms with Crippen LogP contribution in [0.25, 0.3) is 0 Å². The summed E-state index contributed by atoms with van der Waals surface area (Å²) in [5.74, 6) is -3.30. The molecule has 0 saturated heterocycles. The topological polar surface area (TPSA) is 72.2 Å². The van der Waals surface area contributed by atoms with Crippen LogP contribution in [0.1, 0.15) is 16.8 Å². The van der Waals surface area contributed by atoms with Gasteiger partial charge >= 0.3 is 5.69 Å². The van der Waals surface area contributed by atoms with Gasteiger partial charge in [0.05, 0.1) is 10.5 Å². The highest BCUT2D eigenvalue weighted by molar-refractivity contribution is 5.95. The van der Waals surface area contributed by atoms with E-state index < -0.39 is 33.7 Å². The minimum atomic E-state index is -1.32. The largest absolute Gasteiger partial charge is 0.352 e. The van der Waals surface area contributed by atoms with Crippen molar-refractivity contribution in [3.8, 4) is 0 Å². The molecule has 96 valence electrons. The Hall–Kier alpha value is -2.31. The zero-order valence-corrected chi connectivity index (χ0v) is 9.28. The number of halogens is 2. The summed E-state index contributed by atoms with van der Waals surface area (Å²) in [5, 5.41) is 12.8. The van der Waals surface area contributed by atoms with Crippen LogP contribution in [0.3, 0.4) is 0 Å². The van der Waals surface area contributed by atoms with E-state index in [2.05, 4.69) is 11.9 Å². The van der Waals surface area contributed by atoms with Crippen molar-refractivity contribution in [1.82, 2.24) is 5.32 Å². The normalized spacial score (nSPS) is 9.89. The van der Waals surface area contributed by atoms with Gasteiger partial charge in [0, 0.05) is 18.7 Å². The van der Waals surface area contributed by atoms with E-state index in [0.29, 0.717) is 18.6 Å². The molecule has 0 saturated carbocycles. The lowest BCUT2D eigenvalue weighted by Gasteiger charge is -2.05. The summed E-state index contributed by atoms with van der Waals surface area (Å²) in [4.78, 5) is 20.9. The molecule has 1 rings (SSSR count). The molecule has 0 atom stereocenters. The third-order valence-electron chi connectivity index (χ3n) is 2.11. The highest BCUT2D eigenvalue weighted by atomic mass is 19.1. The summed E-state index contributed by atoms with van der Waals surface area (Å²) in [7, 11) is 0. The van der Waals surface area contributed by atoms with Gasteiger partial charge in [-0.3, -0.25) is 14.9 Å². The molecule has 1 N–H and O–H groups in total. The van der Waals surface area contributed by atoms with Crippen molar-refractivity contribution in [2.45, 2.75) is 6.42 Å². The van der Waals surface area contributed by atoms with Gasteiger partial charge in [0.2, 0.25) is 5.82 Å². The number of nitro groups is 1. The first-order valence-electron chi connectivity index (χ1n) is 5.00. The second-order valence-corrected chi connectivity index (χ2v) is 3.37. The molecule has 0 aromatic heterocycles. The van der Waals surface area contributed by atoms with Crippen molar-refractivity contribution in [2.75, 3.05) is 6.54 Å². The predicted octanol–water partition coefficient (Wildman–Crippen LogP) is 2.18. The summed E-state index contributed by atoms with van der Waals surface area (Å²) < 4.78 is 26.3. The van der Waals surface area contributed by atoms with Crippen molar-refractivity contribution in [2.24, 2.45) is 0 Å². The van der Waals surface area contributed by atoms with Gasteiger partial charge in [-0.1, -0.05) is 6.08 Å². The monoisotopic (exact) mass is 256 g/mol. The van der Waals surface area contributed by atoms with E-state index in [0.717, 1.165) is 0 Å². The Morgan fingerprint density at radius 1 is 1.44 bits per heavy atom. The smallest absolute Gasteiger partial charge is 0.305 e. The zero-order valence-electron chi connectivity index (χ0n) is 9.28. The molecular weight excluding hydrogens is 246 g/mol. The molecule has 0 unspecified atom stereocenters. The highest BCUT2D eigenvalue weighted by Crippen LogP contribution is 2.21. The van der Waals surface area contributed by atoms with Gasteiger partial charge in [0.1, 0.15) is 5.82 Å². The second kappa shape index (κ2) is 5.85. The van der Waals surface area contributed by atoms with Gasteiger partial charge in [-0.05, 0) is 6.42 Å². The van der Waals surface area contributed by atoms with Gasteiger partial charge < -0.3 is 5.32 Å². The van der Waals surface area contributed by atoms with E-state index >= 15 is 0 Å². The lowest BCUT2D eigenvalue weighted by molar-refractivity contribution is -0.387. The fraction of sp³-hybridized carbons (Fsp3) is 0.182. The zero-order chi connectivity index (χ0) is 13.7. The lowest BCUT2D eigenvalue weighted by atomic mass is 10.1. The first-order chi connectivity index (χ1) is 8.47. The number of carbonyl (C=O) groups is 1. The number of hydrogen-bond acceptors (Lipinski definition) is 3. The SMILES string of the molecule is C=CCCNC(=O)c1cc([N+](=O)[O-])c(F)cc1F. The van der Waals surface area contributed by atoms with Gasteiger partial charge in [-0.2, -0.15) is 4.39 Å². The van der Waals surface area contributed by atoms with Crippen molar-refractivity contribution >= 4 is 11.6 Å². The first-order valence-corrected chi connectivity index (χ1v) is 5.00. The third kappa shape index (κ3) is 3.09.